The van der Waals surface area contributed by atoms with E-state index in [1.807, 2.05) is 6.92 Å². The molecule has 0 spiro atoms. The maximum Gasteiger partial charge on any atom is 0.234 e. The lowest BCUT2D eigenvalue weighted by Crippen LogP contribution is -2.46. The Hall–Kier alpha value is -0.610. The third-order valence-electron chi connectivity index (χ3n) is 3.76. The fourth-order valence-electron chi connectivity index (χ4n) is 2.53. The summed E-state index contributed by atoms with van der Waals surface area (Å²) in [6.07, 6.45) is 6.59. The molecule has 1 rings (SSSR count). The van der Waals surface area contributed by atoms with E-state index in [4.69, 9.17) is 10.5 Å². The molecule has 0 heterocycles. The number of carbonyl (C=O) groups excluding carboxylic acids is 1. The standard InChI is InChI=1S/C13H26N2O2/c1-11(13(14)16)15(8-9-17-2)10-12-6-4-3-5-7-12/h11-12H,3-10H2,1-2H3,(H2,14,16). The summed E-state index contributed by atoms with van der Waals surface area (Å²) in [5, 5.41) is 0. The molecule has 1 amide bonds. The van der Waals surface area contributed by atoms with Gasteiger partial charge in [0.15, 0.2) is 0 Å². The zero-order valence-corrected chi connectivity index (χ0v) is 11.2. The zero-order valence-electron chi connectivity index (χ0n) is 11.2. The van der Waals surface area contributed by atoms with Crippen LogP contribution in [0, 0.1) is 5.92 Å². The summed E-state index contributed by atoms with van der Waals surface area (Å²) in [5.74, 6) is 0.485. The number of carbonyl (C=O) groups is 1. The van der Waals surface area contributed by atoms with Gasteiger partial charge in [-0.1, -0.05) is 19.3 Å². The van der Waals surface area contributed by atoms with Crippen LogP contribution < -0.4 is 5.73 Å². The number of nitrogens with zero attached hydrogens (tertiary/aromatic N) is 1. The molecule has 0 aliphatic heterocycles. The van der Waals surface area contributed by atoms with E-state index in [0.717, 1.165) is 19.0 Å². The van der Waals surface area contributed by atoms with Crippen LogP contribution in [-0.4, -0.2) is 43.7 Å². The molecule has 0 saturated heterocycles. The van der Waals surface area contributed by atoms with Gasteiger partial charge in [-0.2, -0.15) is 0 Å². The minimum absolute atomic E-state index is 0.188. The Bertz CT molecular complexity index is 227. The third-order valence-corrected chi connectivity index (χ3v) is 3.76. The molecule has 0 aromatic heterocycles. The average Bonchev–Trinajstić information content (AvgIpc) is 2.34. The van der Waals surface area contributed by atoms with Crippen molar-refractivity contribution >= 4 is 5.91 Å². The number of primary amides is 1. The van der Waals surface area contributed by atoms with Gasteiger partial charge in [0.05, 0.1) is 12.6 Å². The normalized spacial score (nSPS) is 19.5. The van der Waals surface area contributed by atoms with Gasteiger partial charge in [-0.25, -0.2) is 0 Å². The molecule has 1 fully saturated rings. The van der Waals surface area contributed by atoms with Crippen molar-refractivity contribution in [3.05, 3.63) is 0 Å². The molecule has 0 bridgehead atoms. The van der Waals surface area contributed by atoms with E-state index in [2.05, 4.69) is 4.90 Å². The van der Waals surface area contributed by atoms with E-state index >= 15 is 0 Å². The molecule has 1 saturated carbocycles. The monoisotopic (exact) mass is 242 g/mol. The Morgan fingerprint density at radius 1 is 1.41 bits per heavy atom. The molecule has 4 nitrogen and oxygen atoms in total. The molecular weight excluding hydrogens is 216 g/mol. The van der Waals surface area contributed by atoms with Crippen molar-refractivity contribution in [2.75, 3.05) is 26.8 Å². The molecule has 0 aromatic rings. The lowest BCUT2D eigenvalue weighted by Gasteiger charge is -2.32. The van der Waals surface area contributed by atoms with Gasteiger partial charge < -0.3 is 10.5 Å². The van der Waals surface area contributed by atoms with E-state index in [9.17, 15) is 4.79 Å². The van der Waals surface area contributed by atoms with Crippen LogP contribution in [0.3, 0.4) is 0 Å². The van der Waals surface area contributed by atoms with Crippen LogP contribution in [0.4, 0.5) is 0 Å². The second kappa shape index (κ2) is 7.67. The summed E-state index contributed by atoms with van der Waals surface area (Å²) in [5.41, 5.74) is 5.39. The van der Waals surface area contributed by atoms with Crippen molar-refractivity contribution in [2.24, 2.45) is 11.7 Å². The predicted molar refractivity (Wildman–Crippen MR) is 68.7 cm³/mol. The van der Waals surface area contributed by atoms with Gasteiger partial charge in [-0.3, -0.25) is 9.69 Å². The topological polar surface area (TPSA) is 55.6 Å². The molecule has 1 unspecified atom stereocenters. The predicted octanol–water partition coefficient (Wildman–Crippen LogP) is 1.39. The van der Waals surface area contributed by atoms with Gasteiger partial charge in [-0.05, 0) is 25.7 Å². The first kappa shape index (κ1) is 14.5. The van der Waals surface area contributed by atoms with E-state index in [-0.39, 0.29) is 11.9 Å². The van der Waals surface area contributed by atoms with Crippen molar-refractivity contribution in [1.29, 1.82) is 0 Å². The van der Waals surface area contributed by atoms with E-state index in [1.54, 1.807) is 7.11 Å². The summed E-state index contributed by atoms with van der Waals surface area (Å²) < 4.78 is 5.10. The molecule has 17 heavy (non-hydrogen) atoms. The smallest absolute Gasteiger partial charge is 0.234 e. The average molecular weight is 242 g/mol. The molecule has 100 valence electrons. The van der Waals surface area contributed by atoms with Crippen LogP contribution in [0.25, 0.3) is 0 Å². The number of nitrogens with two attached hydrogens (primary N) is 1. The number of hydrogen-bond donors (Lipinski definition) is 1. The van der Waals surface area contributed by atoms with Crippen LogP contribution in [0.15, 0.2) is 0 Å². The minimum Gasteiger partial charge on any atom is -0.383 e. The van der Waals surface area contributed by atoms with Crippen molar-refractivity contribution in [2.45, 2.75) is 45.1 Å². The number of methoxy groups -OCH3 is 1. The second-order valence-corrected chi connectivity index (χ2v) is 5.07. The first-order valence-electron chi connectivity index (χ1n) is 6.67. The van der Waals surface area contributed by atoms with Gasteiger partial charge in [-0.15, -0.1) is 0 Å². The minimum atomic E-state index is -0.239. The Balaban J connectivity index is 2.46. The van der Waals surface area contributed by atoms with Crippen molar-refractivity contribution in [3.63, 3.8) is 0 Å². The first-order valence-corrected chi connectivity index (χ1v) is 6.67. The number of amides is 1. The third kappa shape index (κ3) is 5.04. The molecule has 1 aliphatic carbocycles. The van der Waals surface area contributed by atoms with E-state index in [1.165, 1.54) is 32.1 Å². The zero-order chi connectivity index (χ0) is 12.7. The summed E-state index contributed by atoms with van der Waals surface area (Å²) in [4.78, 5) is 13.5. The van der Waals surface area contributed by atoms with E-state index < -0.39 is 0 Å². The summed E-state index contributed by atoms with van der Waals surface area (Å²) in [6, 6.07) is -0.188. The highest BCUT2D eigenvalue weighted by Gasteiger charge is 2.23. The van der Waals surface area contributed by atoms with Crippen LogP contribution in [0.2, 0.25) is 0 Å². The summed E-state index contributed by atoms with van der Waals surface area (Å²) in [6.45, 7) is 4.32. The highest BCUT2D eigenvalue weighted by atomic mass is 16.5. The molecule has 2 N–H and O–H groups in total. The van der Waals surface area contributed by atoms with Crippen LogP contribution in [0.1, 0.15) is 39.0 Å². The lowest BCUT2D eigenvalue weighted by molar-refractivity contribution is -0.123. The molecular formula is C13H26N2O2. The Morgan fingerprint density at radius 3 is 2.59 bits per heavy atom. The molecule has 1 aliphatic rings. The van der Waals surface area contributed by atoms with Gasteiger partial charge in [0.2, 0.25) is 5.91 Å². The Labute approximate surface area is 104 Å². The first-order chi connectivity index (χ1) is 8.15. The quantitative estimate of drug-likeness (QED) is 0.734. The Morgan fingerprint density at radius 2 is 2.06 bits per heavy atom. The largest absolute Gasteiger partial charge is 0.383 e. The fourth-order valence-corrected chi connectivity index (χ4v) is 2.53. The van der Waals surface area contributed by atoms with Crippen LogP contribution >= 0.6 is 0 Å². The molecule has 0 radical (unpaired) electrons. The maximum absolute atomic E-state index is 11.3. The highest BCUT2D eigenvalue weighted by Crippen LogP contribution is 2.24. The van der Waals surface area contributed by atoms with Gasteiger partial charge >= 0.3 is 0 Å². The van der Waals surface area contributed by atoms with Crippen LogP contribution in [-0.2, 0) is 9.53 Å². The SMILES string of the molecule is COCCN(CC1CCCCC1)C(C)C(N)=O. The van der Waals surface area contributed by atoms with Crippen molar-refractivity contribution < 1.29 is 9.53 Å². The number of rotatable bonds is 7. The second-order valence-electron chi connectivity index (χ2n) is 5.07. The number of ether oxygens (including phenoxy) is 1. The maximum atomic E-state index is 11.3. The van der Waals surface area contributed by atoms with Gasteiger partial charge in [0.1, 0.15) is 0 Å². The highest BCUT2D eigenvalue weighted by molar-refractivity contribution is 5.79. The lowest BCUT2D eigenvalue weighted by atomic mass is 9.88. The van der Waals surface area contributed by atoms with Crippen molar-refractivity contribution in [3.8, 4) is 0 Å². The fraction of sp³-hybridized carbons (Fsp3) is 0.923. The Kier molecular flexibility index (Phi) is 6.52. The molecule has 1 atom stereocenters. The summed E-state index contributed by atoms with van der Waals surface area (Å²) >= 11 is 0. The van der Waals surface area contributed by atoms with Gasteiger partial charge in [0, 0.05) is 20.2 Å². The van der Waals surface area contributed by atoms with Crippen LogP contribution in [0.5, 0.6) is 0 Å². The summed E-state index contributed by atoms with van der Waals surface area (Å²) in [7, 11) is 1.69. The van der Waals surface area contributed by atoms with E-state index in [0.29, 0.717) is 6.61 Å². The molecule has 4 heteroatoms. The van der Waals surface area contributed by atoms with Gasteiger partial charge in [0.25, 0.3) is 0 Å². The number of hydrogen-bond acceptors (Lipinski definition) is 3. The molecule has 0 aromatic carbocycles. The van der Waals surface area contributed by atoms with Crippen molar-refractivity contribution in [1.82, 2.24) is 4.90 Å².